The molecule has 1 aliphatic heterocycles. The van der Waals surface area contributed by atoms with Crippen molar-refractivity contribution in [2.45, 2.75) is 31.8 Å². The second-order valence-electron chi connectivity index (χ2n) is 9.79. The summed E-state index contributed by atoms with van der Waals surface area (Å²) in [4.78, 5) is 34.4. The smallest absolute Gasteiger partial charge is 0.252 e. The van der Waals surface area contributed by atoms with Crippen LogP contribution in [0.4, 0.5) is 4.39 Å². The summed E-state index contributed by atoms with van der Waals surface area (Å²) in [5.74, 6) is -0.459. The van der Waals surface area contributed by atoms with Gasteiger partial charge in [-0.15, -0.1) is 0 Å². The minimum absolute atomic E-state index is 0.0924. The van der Waals surface area contributed by atoms with E-state index in [9.17, 15) is 19.1 Å². The first-order valence-corrected chi connectivity index (χ1v) is 11.9. The van der Waals surface area contributed by atoms with E-state index in [1.54, 1.807) is 31.2 Å². The largest absolute Gasteiger partial charge is 0.490 e. The van der Waals surface area contributed by atoms with E-state index in [2.05, 4.69) is 15.3 Å². The monoisotopic (exact) mass is 499 g/mol. The zero-order chi connectivity index (χ0) is 26.4. The molecule has 2 N–H and O–H groups in total. The summed E-state index contributed by atoms with van der Waals surface area (Å²) < 4.78 is 19.5. The van der Waals surface area contributed by atoms with Gasteiger partial charge in [0.1, 0.15) is 35.3 Å². The van der Waals surface area contributed by atoms with Gasteiger partial charge in [0.25, 0.3) is 5.91 Å². The maximum absolute atomic E-state index is 13.6. The van der Waals surface area contributed by atoms with E-state index in [-0.39, 0.29) is 24.6 Å². The van der Waals surface area contributed by atoms with Crippen LogP contribution in [0.25, 0.3) is 22.2 Å². The van der Waals surface area contributed by atoms with Gasteiger partial charge in [0.2, 0.25) is 0 Å². The van der Waals surface area contributed by atoms with Crippen molar-refractivity contribution in [3.63, 3.8) is 0 Å². The number of para-hydroxylation sites is 1. The minimum Gasteiger partial charge on any atom is -0.490 e. The Morgan fingerprint density at radius 2 is 1.89 bits per heavy atom. The fourth-order valence-corrected chi connectivity index (χ4v) is 4.39. The van der Waals surface area contributed by atoms with E-state index >= 15 is 0 Å². The number of nitrogens with zero attached hydrogens (tertiary/aromatic N) is 2. The van der Waals surface area contributed by atoms with E-state index in [1.807, 2.05) is 24.3 Å². The van der Waals surface area contributed by atoms with Gasteiger partial charge < -0.3 is 15.2 Å². The van der Waals surface area contributed by atoms with Crippen LogP contribution in [-0.2, 0) is 15.8 Å². The SMILES string of the molecule is CC(=O)[C@@]1(C)COc2c1cc([C@@](C)(O)CNC(=O)c1cnc3ccccc3c1)nc2-c1ccc(F)cc1. The lowest BCUT2D eigenvalue weighted by molar-refractivity contribution is -0.122. The molecular formula is C29H26FN3O4. The highest BCUT2D eigenvalue weighted by molar-refractivity contribution is 5.97. The second kappa shape index (κ2) is 9.05. The third-order valence-corrected chi connectivity index (χ3v) is 6.96. The summed E-state index contributed by atoms with van der Waals surface area (Å²) in [5, 5.41) is 15.0. The van der Waals surface area contributed by atoms with E-state index in [0.717, 1.165) is 10.9 Å². The molecule has 8 heteroatoms. The minimum atomic E-state index is -1.59. The summed E-state index contributed by atoms with van der Waals surface area (Å²) in [6, 6.07) is 16.6. The Morgan fingerprint density at radius 1 is 1.16 bits per heavy atom. The van der Waals surface area contributed by atoms with Gasteiger partial charge in [-0.05, 0) is 63.2 Å². The summed E-state index contributed by atoms with van der Waals surface area (Å²) >= 11 is 0. The number of amides is 1. The quantitative estimate of drug-likeness (QED) is 0.410. The molecule has 0 spiro atoms. The number of ether oxygens (including phenoxy) is 1. The summed E-state index contributed by atoms with van der Waals surface area (Å²) in [6.07, 6.45) is 1.49. The number of rotatable bonds is 6. The highest BCUT2D eigenvalue weighted by atomic mass is 19.1. The Kier molecular flexibility index (Phi) is 6.00. The lowest BCUT2D eigenvalue weighted by Gasteiger charge is -2.26. The molecule has 0 saturated carbocycles. The number of nitrogens with one attached hydrogen (secondary N) is 1. The molecule has 0 radical (unpaired) electrons. The molecule has 2 aromatic heterocycles. The molecule has 2 atom stereocenters. The Labute approximate surface area is 213 Å². The van der Waals surface area contributed by atoms with E-state index in [1.165, 1.54) is 32.2 Å². The maximum atomic E-state index is 13.6. The van der Waals surface area contributed by atoms with E-state index < -0.39 is 22.7 Å². The Bertz CT molecular complexity index is 1530. The van der Waals surface area contributed by atoms with Gasteiger partial charge in [-0.2, -0.15) is 0 Å². The van der Waals surface area contributed by atoms with Crippen molar-refractivity contribution in [2.24, 2.45) is 0 Å². The summed E-state index contributed by atoms with van der Waals surface area (Å²) in [7, 11) is 0. The molecule has 37 heavy (non-hydrogen) atoms. The molecule has 5 rings (SSSR count). The fourth-order valence-electron chi connectivity index (χ4n) is 4.39. The predicted molar refractivity (Wildman–Crippen MR) is 137 cm³/mol. The molecule has 0 fully saturated rings. The van der Waals surface area contributed by atoms with Crippen LogP contribution in [0, 0.1) is 5.82 Å². The number of benzene rings is 2. The number of Topliss-reactive ketones (excluding diaryl/α,β-unsaturated/α-hetero) is 1. The van der Waals surface area contributed by atoms with Crippen LogP contribution in [0.1, 0.15) is 42.4 Å². The molecule has 0 saturated heterocycles. The first-order valence-electron chi connectivity index (χ1n) is 11.9. The molecular weight excluding hydrogens is 473 g/mol. The second-order valence-corrected chi connectivity index (χ2v) is 9.79. The highest BCUT2D eigenvalue weighted by Crippen LogP contribution is 2.45. The van der Waals surface area contributed by atoms with E-state index in [4.69, 9.17) is 4.74 Å². The van der Waals surface area contributed by atoms with Gasteiger partial charge in [-0.25, -0.2) is 9.37 Å². The van der Waals surface area contributed by atoms with Crippen molar-refractivity contribution in [3.05, 3.63) is 89.5 Å². The Morgan fingerprint density at radius 3 is 2.62 bits per heavy atom. The van der Waals surface area contributed by atoms with Crippen molar-refractivity contribution in [1.29, 1.82) is 0 Å². The van der Waals surface area contributed by atoms with Crippen LogP contribution in [0.15, 0.2) is 66.9 Å². The molecule has 0 bridgehead atoms. The third-order valence-electron chi connectivity index (χ3n) is 6.96. The number of pyridine rings is 2. The number of carbonyl (C=O) groups excluding carboxylic acids is 2. The molecule has 188 valence electrons. The van der Waals surface area contributed by atoms with E-state index in [0.29, 0.717) is 28.1 Å². The lowest BCUT2D eigenvalue weighted by Crippen LogP contribution is -2.39. The van der Waals surface area contributed by atoms with Crippen LogP contribution in [-0.4, -0.2) is 39.9 Å². The number of fused-ring (bicyclic) bond motifs is 2. The number of halogens is 1. The molecule has 4 aromatic rings. The molecule has 3 heterocycles. The van der Waals surface area contributed by atoms with Gasteiger partial charge >= 0.3 is 0 Å². The van der Waals surface area contributed by atoms with Crippen LogP contribution in [0.2, 0.25) is 0 Å². The maximum Gasteiger partial charge on any atom is 0.252 e. The van der Waals surface area contributed by atoms with Crippen LogP contribution >= 0.6 is 0 Å². The molecule has 1 aliphatic rings. The van der Waals surface area contributed by atoms with Gasteiger partial charge in [0.15, 0.2) is 0 Å². The van der Waals surface area contributed by atoms with Gasteiger partial charge in [0.05, 0.1) is 28.7 Å². The predicted octanol–water partition coefficient (Wildman–Crippen LogP) is 4.31. The van der Waals surface area contributed by atoms with Gasteiger partial charge in [0, 0.05) is 22.7 Å². The normalized spacial score (nSPS) is 18.1. The molecule has 1 amide bonds. The van der Waals surface area contributed by atoms with Crippen molar-refractivity contribution in [2.75, 3.05) is 13.2 Å². The van der Waals surface area contributed by atoms with Crippen molar-refractivity contribution >= 4 is 22.6 Å². The number of carbonyl (C=O) groups is 2. The topological polar surface area (TPSA) is 101 Å². The number of aromatic nitrogens is 2. The summed E-state index contributed by atoms with van der Waals surface area (Å²) in [5.41, 5.74) is 0.424. The average Bonchev–Trinajstić information content (AvgIpc) is 3.25. The van der Waals surface area contributed by atoms with Crippen molar-refractivity contribution < 1.29 is 23.8 Å². The number of hydrogen-bond acceptors (Lipinski definition) is 6. The Hall–Kier alpha value is -4.17. The van der Waals surface area contributed by atoms with Gasteiger partial charge in [-0.3, -0.25) is 14.6 Å². The number of aliphatic hydroxyl groups is 1. The molecule has 7 nitrogen and oxygen atoms in total. The number of ketones is 1. The fraction of sp³-hybridized carbons (Fsp3) is 0.241. The van der Waals surface area contributed by atoms with Crippen LogP contribution < -0.4 is 10.1 Å². The van der Waals surface area contributed by atoms with Crippen LogP contribution in [0.5, 0.6) is 5.75 Å². The van der Waals surface area contributed by atoms with Crippen molar-refractivity contribution in [3.8, 4) is 17.0 Å². The number of hydrogen-bond donors (Lipinski definition) is 2. The first-order chi connectivity index (χ1) is 17.6. The van der Waals surface area contributed by atoms with Crippen molar-refractivity contribution in [1.82, 2.24) is 15.3 Å². The molecule has 2 aromatic carbocycles. The summed E-state index contributed by atoms with van der Waals surface area (Å²) in [6.45, 7) is 4.79. The molecule has 0 unspecified atom stereocenters. The first kappa shape index (κ1) is 24.5. The molecule has 0 aliphatic carbocycles. The average molecular weight is 500 g/mol. The zero-order valence-electron chi connectivity index (χ0n) is 20.7. The highest BCUT2D eigenvalue weighted by Gasteiger charge is 2.44. The zero-order valence-corrected chi connectivity index (χ0v) is 20.7. The van der Waals surface area contributed by atoms with Crippen LogP contribution in [0.3, 0.4) is 0 Å². The van der Waals surface area contributed by atoms with Gasteiger partial charge in [-0.1, -0.05) is 18.2 Å². The standard InChI is InChI=1S/C29H26FN3O4/c1-17(34)28(2)16-37-26-22(28)13-24(33-25(26)18-8-10-21(30)11-9-18)29(3,36)15-32-27(35)20-12-19-6-4-5-7-23(19)31-14-20/h4-14,36H,15-16H2,1-3H3,(H,32,35)/t28-,29+/m1/s1. The lowest BCUT2D eigenvalue weighted by atomic mass is 9.79. The third kappa shape index (κ3) is 4.44. The Balaban J connectivity index is 1.49.